The predicted octanol–water partition coefficient (Wildman–Crippen LogP) is -8.96. The Morgan fingerprint density at radius 1 is 0.909 bits per heavy atom. The van der Waals surface area contributed by atoms with Gasteiger partial charge in [-0.3, -0.25) is 0 Å². The van der Waals surface area contributed by atoms with Crippen LogP contribution in [0.1, 0.15) is 0 Å². The molecule has 0 radical (unpaired) electrons. The molecule has 0 saturated carbocycles. The molecule has 7 nitrogen and oxygen atoms in total. The van der Waals surface area contributed by atoms with Crippen LogP contribution in [0.2, 0.25) is 0 Å². The van der Waals surface area contributed by atoms with Gasteiger partial charge in [0.25, 0.3) is 0 Å². The molecular weight excluding hydrogens is 666 g/mol. The molecule has 0 unspecified atom stereocenters. The second-order valence-corrected chi connectivity index (χ2v) is 7.00. The van der Waals surface area contributed by atoms with E-state index in [9.17, 15) is 0 Å². The van der Waals surface area contributed by atoms with Crippen molar-refractivity contribution in [3.8, 4) is 0 Å². The van der Waals surface area contributed by atoms with Gasteiger partial charge in [-0.05, 0) is 0 Å². The summed E-state index contributed by atoms with van der Waals surface area (Å²) in [6, 6.07) is 0. The summed E-state index contributed by atoms with van der Waals surface area (Å²) in [5.41, 5.74) is 0. The molecule has 0 rings (SSSR count). The van der Waals surface area contributed by atoms with Gasteiger partial charge in [0.15, 0.2) is 0 Å². The maximum atomic E-state index is 8.67. The summed E-state index contributed by atoms with van der Waals surface area (Å²) in [7, 11) is 0. The van der Waals surface area contributed by atoms with Gasteiger partial charge in [0, 0.05) is 0 Å². The van der Waals surface area contributed by atoms with Crippen LogP contribution in [0, 0.1) is 51.6 Å². The van der Waals surface area contributed by atoms with Crippen LogP contribution in [0.5, 0.6) is 0 Å². The van der Waals surface area contributed by atoms with Crippen LogP contribution in [0.4, 0.5) is 0 Å². The molecule has 0 aromatic rings. The van der Waals surface area contributed by atoms with Gasteiger partial charge in [-0.25, -0.2) is 0 Å². The predicted molar refractivity (Wildman–Crippen MR) is 3.43 cm³/mol. The Balaban J connectivity index is -0.0000000383. The Kier molecular flexibility index (Phi) is 31.8. The third-order valence-corrected chi connectivity index (χ3v) is 0. The summed E-state index contributed by atoms with van der Waals surface area (Å²) in [5, 5.41) is 0. The van der Waals surface area contributed by atoms with Gasteiger partial charge in [0.05, 0.1) is 0 Å². The third kappa shape index (κ3) is 117. The first kappa shape index (κ1) is 24.5. The molecule has 0 heterocycles. The van der Waals surface area contributed by atoms with E-state index in [4.69, 9.17) is 16.4 Å². The van der Waals surface area contributed by atoms with E-state index in [2.05, 4.69) is 0 Å². The zero-order chi connectivity index (χ0) is 8.08. The van der Waals surface area contributed by atoms with E-state index in [0.29, 0.717) is 0 Å². The van der Waals surface area contributed by atoms with Gasteiger partial charge >= 0.3 is 171 Å². The Hall–Kier alpha value is 4.30. The zero-order valence-electron chi connectivity index (χ0n) is 5.86. The molecule has 0 amide bonds. The number of rotatable bonds is 0. The fourth-order valence-corrected chi connectivity index (χ4v) is 0. The van der Waals surface area contributed by atoms with Crippen molar-refractivity contribution in [2.24, 2.45) is 0 Å². The van der Waals surface area contributed by atoms with Gasteiger partial charge in [-0.15, -0.1) is 0 Å². The average molecular weight is 666 g/mol. The summed E-state index contributed by atoms with van der Waals surface area (Å²) in [6.07, 6.45) is 0. The van der Waals surface area contributed by atoms with E-state index >= 15 is 0 Å². The first-order valence-electron chi connectivity index (χ1n) is 1.43. The zero-order valence-corrected chi connectivity index (χ0v) is 20.4. The van der Waals surface area contributed by atoms with Crippen molar-refractivity contribution in [3.63, 3.8) is 0 Å². The fraction of sp³-hybridized carbons (Fsp3) is 0. The van der Waals surface area contributed by atoms with Crippen molar-refractivity contribution in [3.05, 3.63) is 0 Å². The van der Waals surface area contributed by atoms with Crippen molar-refractivity contribution in [1.82, 2.24) is 0 Å². The van der Waals surface area contributed by atoms with Crippen LogP contribution < -0.4 is 108 Å². The number of hydrogen-bond acceptors (Lipinski definition) is 7. The summed E-state index contributed by atoms with van der Waals surface area (Å²) in [6.45, 7) is 0. The van der Waals surface area contributed by atoms with Gasteiger partial charge < -0.3 is 0 Å². The molecule has 0 aliphatic carbocycles. The van der Waals surface area contributed by atoms with Gasteiger partial charge in [0.2, 0.25) is 0 Å². The Labute approximate surface area is 165 Å². The minimum atomic E-state index is -6.34. The second-order valence-electron chi connectivity index (χ2n) is 0.750. The molecule has 0 fully saturated rings. The molecule has 0 aromatic carbocycles. The summed E-state index contributed by atoms with van der Waals surface area (Å²) >= 11 is -10.8. The van der Waals surface area contributed by atoms with Crippen LogP contribution in [-0.4, -0.2) is 0 Å². The molecule has 0 aromatic heterocycles. The number of hydrogen-bond donors (Lipinski definition) is 0. The molecule has 52 valence electrons. The standard InChI is InChI=1S/2K.7O.2U/q2*+1;;;;;;2*-1;;. The van der Waals surface area contributed by atoms with Gasteiger partial charge in [-0.2, -0.15) is 0 Å². The van der Waals surface area contributed by atoms with E-state index in [1.165, 1.54) is 0 Å². The Bertz CT molecular complexity index is 227. The topological polar surface area (TPSA) is 131 Å². The SMILES string of the molecule is [K+].[K+].[O]=[U](=[O])([O-])[O-].[O]=[U](=[O])=[O]. The molecule has 0 N–H and O–H groups in total. The summed E-state index contributed by atoms with van der Waals surface area (Å²) in [4.78, 5) is 0. The van der Waals surface area contributed by atoms with E-state index in [1.807, 2.05) is 0 Å². The van der Waals surface area contributed by atoms with E-state index < -0.39 is 51.6 Å². The van der Waals surface area contributed by atoms with Crippen molar-refractivity contribution in [2.45, 2.75) is 0 Å². The maximum absolute atomic E-state index is 8.67. The monoisotopic (exact) mass is 666 g/mol. The normalized spacial score (nSPS) is 7.45. The first-order chi connectivity index (χ1) is 3.73. The molecule has 0 aliphatic rings. The molecule has 0 bridgehead atoms. The molecular formula is K2O7U2. The Morgan fingerprint density at radius 3 is 0.909 bits per heavy atom. The van der Waals surface area contributed by atoms with Gasteiger partial charge in [-0.1, -0.05) is 0 Å². The van der Waals surface area contributed by atoms with E-state index in [1.54, 1.807) is 0 Å². The van der Waals surface area contributed by atoms with Crippen LogP contribution >= 0.6 is 0 Å². The van der Waals surface area contributed by atoms with Crippen LogP contribution in [0.3, 0.4) is 0 Å². The van der Waals surface area contributed by atoms with E-state index in [0.717, 1.165) is 0 Å². The van der Waals surface area contributed by atoms with Crippen molar-refractivity contribution < 1.29 is 171 Å². The summed E-state index contributed by atoms with van der Waals surface area (Å²) < 4.78 is 60.6. The summed E-state index contributed by atoms with van der Waals surface area (Å²) in [5.74, 6) is 0. The van der Waals surface area contributed by atoms with Gasteiger partial charge in [0.1, 0.15) is 0 Å². The third-order valence-electron chi connectivity index (χ3n) is 0. The Morgan fingerprint density at radius 2 is 0.909 bits per heavy atom. The quantitative estimate of drug-likeness (QED) is 0.235. The van der Waals surface area contributed by atoms with Crippen LogP contribution in [-0.2, 0) is 11.2 Å². The molecule has 0 saturated heterocycles. The fourth-order valence-electron chi connectivity index (χ4n) is 0. The van der Waals surface area contributed by atoms with Crippen molar-refractivity contribution >= 4 is 0 Å². The molecule has 11 heteroatoms. The molecule has 0 atom stereocenters. The van der Waals surface area contributed by atoms with E-state index in [-0.39, 0.29) is 103 Å². The first-order valence-corrected chi connectivity index (χ1v) is 13.3. The molecule has 0 spiro atoms. The van der Waals surface area contributed by atoms with Crippen molar-refractivity contribution in [1.29, 1.82) is 0 Å². The van der Waals surface area contributed by atoms with Crippen molar-refractivity contribution in [2.75, 3.05) is 0 Å². The second kappa shape index (κ2) is 14.3. The minimum absolute atomic E-state index is 0. The average Bonchev–Trinajstić information content (AvgIpc) is 1.19. The molecule has 11 heavy (non-hydrogen) atoms. The van der Waals surface area contributed by atoms with Crippen LogP contribution in [0.25, 0.3) is 0 Å². The van der Waals surface area contributed by atoms with Crippen LogP contribution in [0.15, 0.2) is 0 Å². The molecule has 0 aliphatic heterocycles.